The molecule has 2 N–H and O–H groups in total. The van der Waals surface area contributed by atoms with E-state index in [2.05, 4.69) is 9.88 Å². The van der Waals surface area contributed by atoms with E-state index in [1.54, 1.807) is 6.20 Å². The number of carboxylic acid groups (broad SMARTS) is 1. The van der Waals surface area contributed by atoms with Crippen molar-refractivity contribution in [3.8, 4) is 5.75 Å². The fourth-order valence-electron chi connectivity index (χ4n) is 5.09. The van der Waals surface area contributed by atoms with E-state index >= 15 is 0 Å². The number of rotatable bonds is 7. The number of H-pyrrole nitrogens is 1. The molecular formula is C25H29N3O5S. The van der Waals surface area contributed by atoms with Crippen LogP contribution in [0, 0.1) is 0 Å². The van der Waals surface area contributed by atoms with E-state index in [4.69, 9.17) is 4.74 Å². The molecule has 2 fully saturated rings. The fourth-order valence-corrected chi connectivity index (χ4v) is 6.86. The molecule has 0 bridgehead atoms. The lowest BCUT2D eigenvalue weighted by molar-refractivity contribution is -0.144. The average Bonchev–Trinajstić information content (AvgIpc) is 3.41. The molecule has 0 amide bonds. The highest BCUT2D eigenvalue weighted by molar-refractivity contribution is 7.91. The van der Waals surface area contributed by atoms with Crippen LogP contribution in [-0.2, 0) is 21.2 Å². The summed E-state index contributed by atoms with van der Waals surface area (Å²) in [6.45, 7) is 2.97. The zero-order chi connectivity index (χ0) is 23.7. The molecule has 0 aliphatic carbocycles. The number of nitrogens with zero attached hydrogens (tertiary/aromatic N) is 2. The summed E-state index contributed by atoms with van der Waals surface area (Å²) in [6.07, 6.45) is 2.45. The molecule has 2 atom stereocenters. The molecule has 0 spiro atoms. The van der Waals surface area contributed by atoms with E-state index in [9.17, 15) is 18.3 Å². The number of nitrogens with one attached hydrogen (secondary N) is 1. The third kappa shape index (κ3) is 4.82. The summed E-state index contributed by atoms with van der Waals surface area (Å²) in [7, 11) is -2.94. The number of piperazine rings is 1. The monoisotopic (exact) mass is 483 g/mol. The van der Waals surface area contributed by atoms with Crippen LogP contribution in [-0.4, -0.2) is 78.0 Å². The largest absolute Gasteiger partial charge is 0.489 e. The molecule has 0 unspecified atom stereocenters. The molecule has 5 rings (SSSR count). The van der Waals surface area contributed by atoms with Crippen molar-refractivity contribution in [1.82, 2.24) is 14.8 Å². The second-order valence-electron chi connectivity index (χ2n) is 9.10. The van der Waals surface area contributed by atoms with Gasteiger partial charge in [-0.05, 0) is 24.1 Å². The number of carbonyl (C=O) groups is 1. The molecule has 2 aliphatic rings. The van der Waals surface area contributed by atoms with Crippen molar-refractivity contribution >= 4 is 26.7 Å². The van der Waals surface area contributed by atoms with Crippen LogP contribution in [0.2, 0.25) is 0 Å². The fraction of sp³-hybridized carbons (Fsp3) is 0.400. The molecule has 2 saturated heterocycles. The Hall–Kier alpha value is -2.88. The predicted octanol–water partition coefficient (Wildman–Crippen LogP) is 2.68. The number of ether oxygens (including phenoxy) is 1. The number of aliphatic carboxylic acids is 1. The van der Waals surface area contributed by atoms with E-state index in [-0.39, 0.29) is 17.5 Å². The highest BCUT2D eigenvalue weighted by Gasteiger charge is 2.37. The second-order valence-corrected chi connectivity index (χ2v) is 11.3. The first kappa shape index (κ1) is 22.9. The van der Waals surface area contributed by atoms with Crippen molar-refractivity contribution in [1.29, 1.82) is 0 Å². The van der Waals surface area contributed by atoms with Crippen molar-refractivity contribution < 1.29 is 23.1 Å². The molecule has 34 heavy (non-hydrogen) atoms. The second kappa shape index (κ2) is 9.40. The Balaban J connectivity index is 1.28. The molecular weight excluding hydrogens is 454 g/mol. The molecule has 0 radical (unpaired) electrons. The number of aromatic amines is 1. The first-order valence-electron chi connectivity index (χ1n) is 11.6. The Morgan fingerprint density at radius 1 is 1.12 bits per heavy atom. The number of sulfone groups is 1. The van der Waals surface area contributed by atoms with Gasteiger partial charge < -0.3 is 14.8 Å². The summed E-state index contributed by atoms with van der Waals surface area (Å²) in [4.78, 5) is 19.7. The molecule has 1 aromatic heterocycles. The first-order valence-corrected chi connectivity index (χ1v) is 13.4. The molecule has 3 aromatic rings. The molecule has 2 aromatic carbocycles. The number of hydrogen-bond acceptors (Lipinski definition) is 6. The molecule has 2 aliphatic heterocycles. The van der Waals surface area contributed by atoms with Gasteiger partial charge in [0, 0.05) is 61.0 Å². The van der Waals surface area contributed by atoms with Crippen molar-refractivity contribution in [3.05, 3.63) is 65.9 Å². The maximum atomic E-state index is 12.3. The van der Waals surface area contributed by atoms with E-state index in [0.717, 1.165) is 27.8 Å². The predicted molar refractivity (Wildman–Crippen MR) is 130 cm³/mol. The zero-order valence-corrected chi connectivity index (χ0v) is 19.7. The molecule has 180 valence electrons. The van der Waals surface area contributed by atoms with Gasteiger partial charge in [-0.15, -0.1) is 0 Å². The van der Waals surface area contributed by atoms with Gasteiger partial charge in [0.2, 0.25) is 0 Å². The van der Waals surface area contributed by atoms with Gasteiger partial charge in [0.05, 0.1) is 11.5 Å². The molecule has 0 saturated carbocycles. The minimum absolute atomic E-state index is 0.0535. The van der Waals surface area contributed by atoms with Crippen molar-refractivity contribution in [2.24, 2.45) is 0 Å². The number of fused-ring (bicyclic) bond motifs is 1. The lowest BCUT2D eigenvalue weighted by Crippen LogP contribution is -2.52. The summed E-state index contributed by atoms with van der Waals surface area (Å²) in [6, 6.07) is 14.9. The van der Waals surface area contributed by atoms with Gasteiger partial charge in [-0.3, -0.25) is 14.6 Å². The molecule has 9 heteroatoms. The van der Waals surface area contributed by atoms with Crippen LogP contribution in [0.3, 0.4) is 0 Å². The van der Waals surface area contributed by atoms with Crippen LogP contribution < -0.4 is 4.74 Å². The summed E-state index contributed by atoms with van der Waals surface area (Å²) in [5, 5.41) is 11.0. The van der Waals surface area contributed by atoms with Crippen LogP contribution in [0.25, 0.3) is 10.9 Å². The molecule has 8 nitrogen and oxygen atoms in total. The Morgan fingerprint density at radius 3 is 2.56 bits per heavy atom. The highest BCUT2D eigenvalue weighted by atomic mass is 32.2. The van der Waals surface area contributed by atoms with Gasteiger partial charge in [0.15, 0.2) is 9.84 Å². The van der Waals surface area contributed by atoms with E-state index in [1.165, 1.54) is 0 Å². The maximum Gasteiger partial charge on any atom is 0.325 e. The van der Waals surface area contributed by atoms with Crippen LogP contribution in [0.1, 0.15) is 23.6 Å². The van der Waals surface area contributed by atoms with Gasteiger partial charge in [0.25, 0.3) is 0 Å². The van der Waals surface area contributed by atoms with Gasteiger partial charge in [-0.25, -0.2) is 8.42 Å². The Kier molecular flexibility index (Phi) is 6.33. The maximum absolute atomic E-state index is 12.3. The topological polar surface area (TPSA) is 103 Å². The van der Waals surface area contributed by atoms with Gasteiger partial charge in [-0.1, -0.05) is 30.3 Å². The van der Waals surface area contributed by atoms with E-state index in [1.807, 2.05) is 53.4 Å². The number of hydrogen-bond donors (Lipinski definition) is 2. The normalized spacial score (nSPS) is 22.1. The van der Waals surface area contributed by atoms with Crippen LogP contribution in [0.4, 0.5) is 0 Å². The number of aromatic nitrogens is 1. The van der Waals surface area contributed by atoms with Crippen LogP contribution in [0.5, 0.6) is 5.75 Å². The number of carboxylic acids is 1. The lowest BCUT2D eigenvalue weighted by Gasteiger charge is -2.39. The third-order valence-corrected chi connectivity index (χ3v) is 8.65. The molecule has 3 heterocycles. The van der Waals surface area contributed by atoms with Crippen LogP contribution >= 0.6 is 0 Å². The minimum Gasteiger partial charge on any atom is -0.489 e. The lowest BCUT2D eigenvalue weighted by atomic mass is 10.0. The van der Waals surface area contributed by atoms with Gasteiger partial charge in [0.1, 0.15) is 18.4 Å². The quantitative estimate of drug-likeness (QED) is 0.533. The van der Waals surface area contributed by atoms with Crippen molar-refractivity contribution in [3.63, 3.8) is 0 Å². The Labute approximate surface area is 199 Å². The van der Waals surface area contributed by atoms with Gasteiger partial charge >= 0.3 is 5.97 Å². The zero-order valence-electron chi connectivity index (χ0n) is 18.9. The Morgan fingerprint density at radius 2 is 1.88 bits per heavy atom. The van der Waals surface area contributed by atoms with Crippen LogP contribution in [0.15, 0.2) is 54.7 Å². The average molecular weight is 484 g/mol. The smallest absolute Gasteiger partial charge is 0.325 e. The summed E-state index contributed by atoms with van der Waals surface area (Å²) in [5.41, 5.74) is 2.64. The number of benzene rings is 2. The van der Waals surface area contributed by atoms with Crippen molar-refractivity contribution in [2.45, 2.75) is 25.1 Å². The highest BCUT2D eigenvalue weighted by Crippen LogP contribution is 2.32. The van der Waals surface area contributed by atoms with E-state index < -0.39 is 21.8 Å². The summed E-state index contributed by atoms with van der Waals surface area (Å²) >= 11 is 0. The standard InChI is InChI=1S/C25H29N3O5S/c29-25(30)24(28-11-9-27(10-12-28)19-8-13-34(31,32)17-19)22-15-26-23-14-20(6-7-21(22)23)33-16-18-4-2-1-3-5-18/h1-7,14-15,19,24,26H,8-13,16-17H2,(H,29,30)/t19-,24+/m0/s1. The Bertz CT molecular complexity index is 1270. The van der Waals surface area contributed by atoms with Crippen molar-refractivity contribution in [2.75, 3.05) is 37.7 Å². The first-order chi connectivity index (χ1) is 16.4. The minimum atomic E-state index is -2.94. The third-order valence-electron chi connectivity index (χ3n) is 6.90. The summed E-state index contributed by atoms with van der Waals surface area (Å²) < 4.78 is 29.6. The van der Waals surface area contributed by atoms with E-state index in [0.29, 0.717) is 39.2 Å². The summed E-state index contributed by atoms with van der Waals surface area (Å²) in [5.74, 6) is 0.299. The van der Waals surface area contributed by atoms with Gasteiger partial charge in [-0.2, -0.15) is 0 Å². The SMILES string of the molecule is O=C(O)[C@@H](c1c[nH]c2cc(OCc3ccccc3)ccc12)N1CCN([C@H]2CCS(=O)(=O)C2)CC1.